The number of amides is 1. The molecule has 2 aromatic rings. The van der Waals surface area contributed by atoms with E-state index in [4.69, 9.17) is 9.84 Å². The zero-order chi connectivity index (χ0) is 16.1. The predicted molar refractivity (Wildman–Crippen MR) is 82.3 cm³/mol. The van der Waals surface area contributed by atoms with Gasteiger partial charge in [-0.1, -0.05) is 18.2 Å². The van der Waals surface area contributed by atoms with Gasteiger partial charge in [0.1, 0.15) is 5.75 Å². The van der Waals surface area contributed by atoms with Gasteiger partial charge in [-0.15, -0.1) is 0 Å². The smallest absolute Gasteiger partial charge is 0.335 e. The zero-order valence-corrected chi connectivity index (χ0v) is 12.4. The van der Waals surface area contributed by atoms with Gasteiger partial charge in [-0.25, -0.2) is 4.79 Å². The first kappa shape index (κ1) is 15.6. The standard InChI is InChI=1S/C17H17NO4/c1-11-3-6-14(9-15(11)22-2)16(19)18-10-12-4-7-13(8-5-12)17(20)21/h3-9H,10H2,1-2H3,(H,18,19)(H,20,21). The summed E-state index contributed by atoms with van der Waals surface area (Å²) in [6.45, 7) is 2.24. The molecule has 2 aromatic carbocycles. The molecule has 0 heterocycles. The Labute approximate surface area is 128 Å². The van der Waals surface area contributed by atoms with E-state index in [2.05, 4.69) is 5.32 Å². The highest BCUT2D eigenvalue weighted by Gasteiger charge is 2.08. The van der Waals surface area contributed by atoms with Crippen LogP contribution in [0.3, 0.4) is 0 Å². The quantitative estimate of drug-likeness (QED) is 0.890. The molecule has 0 saturated carbocycles. The first-order valence-corrected chi connectivity index (χ1v) is 6.76. The topological polar surface area (TPSA) is 75.6 Å². The van der Waals surface area contributed by atoms with Gasteiger partial charge in [0.25, 0.3) is 5.91 Å². The van der Waals surface area contributed by atoms with Gasteiger partial charge in [0.05, 0.1) is 12.7 Å². The lowest BCUT2D eigenvalue weighted by Gasteiger charge is -2.09. The summed E-state index contributed by atoms with van der Waals surface area (Å²) in [6, 6.07) is 11.6. The number of aromatic carboxylic acids is 1. The highest BCUT2D eigenvalue weighted by Crippen LogP contribution is 2.18. The summed E-state index contributed by atoms with van der Waals surface area (Å²) >= 11 is 0. The molecule has 0 radical (unpaired) electrons. The van der Waals surface area contributed by atoms with Gasteiger partial charge in [0.15, 0.2) is 0 Å². The van der Waals surface area contributed by atoms with Crippen LogP contribution in [0.15, 0.2) is 42.5 Å². The van der Waals surface area contributed by atoms with E-state index in [1.54, 1.807) is 31.4 Å². The van der Waals surface area contributed by atoms with Crippen molar-refractivity contribution < 1.29 is 19.4 Å². The van der Waals surface area contributed by atoms with Crippen molar-refractivity contribution >= 4 is 11.9 Å². The van der Waals surface area contributed by atoms with Gasteiger partial charge in [0, 0.05) is 12.1 Å². The Bertz CT molecular complexity index is 692. The van der Waals surface area contributed by atoms with E-state index in [1.165, 1.54) is 12.1 Å². The molecule has 0 unspecified atom stereocenters. The molecular weight excluding hydrogens is 282 g/mol. The molecule has 1 amide bonds. The van der Waals surface area contributed by atoms with Crippen LogP contribution >= 0.6 is 0 Å². The molecule has 2 rings (SSSR count). The third-order valence-electron chi connectivity index (χ3n) is 3.32. The SMILES string of the molecule is COc1cc(C(=O)NCc2ccc(C(=O)O)cc2)ccc1C. The average Bonchev–Trinajstić information content (AvgIpc) is 2.53. The Kier molecular flexibility index (Phi) is 4.78. The summed E-state index contributed by atoms with van der Waals surface area (Å²) in [5.74, 6) is -0.513. The van der Waals surface area contributed by atoms with Crippen molar-refractivity contribution in [3.8, 4) is 5.75 Å². The van der Waals surface area contributed by atoms with E-state index in [-0.39, 0.29) is 11.5 Å². The minimum Gasteiger partial charge on any atom is -0.496 e. The monoisotopic (exact) mass is 299 g/mol. The van der Waals surface area contributed by atoms with Crippen molar-refractivity contribution in [3.05, 3.63) is 64.7 Å². The van der Waals surface area contributed by atoms with Crippen LogP contribution < -0.4 is 10.1 Å². The third kappa shape index (κ3) is 3.63. The summed E-state index contributed by atoms with van der Waals surface area (Å²) < 4.78 is 5.20. The first-order chi connectivity index (χ1) is 10.5. The van der Waals surface area contributed by atoms with E-state index >= 15 is 0 Å². The van der Waals surface area contributed by atoms with E-state index in [9.17, 15) is 9.59 Å². The van der Waals surface area contributed by atoms with Crippen molar-refractivity contribution in [2.24, 2.45) is 0 Å². The Morgan fingerprint density at radius 3 is 2.32 bits per heavy atom. The number of carbonyl (C=O) groups is 2. The number of nitrogens with one attached hydrogen (secondary N) is 1. The Morgan fingerprint density at radius 2 is 1.73 bits per heavy atom. The lowest BCUT2D eigenvalue weighted by Crippen LogP contribution is -2.22. The van der Waals surface area contributed by atoms with Crippen molar-refractivity contribution in [3.63, 3.8) is 0 Å². The second-order valence-corrected chi connectivity index (χ2v) is 4.87. The molecule has 0 spiro atoms. The number of carboxylic acids is 1. The molecule has 0 aliphatic carbocycles. The van der Waals surface area contributed by atoms with Crippen molar-refractivity contribution in [1.29, 1.82) is 0 Å². The summed E-state index contributed by atoms with van der Waals surface area (Å²) in [4.78, 5) is 22.9. The van der Waals surface area contributed by atoms with Crippen molar-refractivity contribution in [2.45, 2.75) is 13.5 Å². The van der Waals surface area contributed by atoms with Gasteiger partial charge in [-0.05, 0) is 42.3 Å². The molecule has 114 valence electrons. The largest absolute Gasteiger partial charge is 0.496 e. The maximum Gasteiger partial charge on any atom is 0.335 e. The predicted octanol–water partition coefficient (Wildman–Crippen LogP) is 2.63. The summed E-state index contributed by atoms with van der Waals surface area (Å²) in [7, 11) is 1.56. The molecule has 0 atom stereocenters. The minimum atomic E-state index is -0.970. The molecule has 0 aliphatic heterocycles. The molecule has 22 heavy (non-hydrogen) atoms. The molecule has 5 nitrogen and oxygen atoms in total. The fourth-order valence-corrected chi connectivity index (χ4v) is 2.01. The molecule has 0 fully saturated rings. The van der Waals surface area contributed by atoms with E-state index in [0.717, 1.165) is 11.1 Å². The number of rotatable bonds is 5. The van der Waals surface area contributed by atoms with E-state index < -0.39 is 5.97 Å². The van der Waals surface area contributed by atoms with Gasteiger partial charge in [0.2, 0.25) is 0 Å². The van der Waals surface area contributed by atoms with Crippen LogP contribution in [-0.2, 0) is 6.54 Å². The number of ether oxygens (including phenoxy) is 1. The number of hydrogen-bond donors (Lipinski definition) is 2. The van der Waals surface area contributed by atoms with Crippen LogP contribution in [-0.4, -0.2) is 24.1 Å². The van der Waals surface area contributed by atoms with Crippen LogP contribution in [0, 0.1) is 6.92 Å². The second kappa shape index (κ2) is 6.76. The fourth-order valence-electron chi connectivity index (χ4n) is 2.01. The summed E-state index contributed by atoms with van der Waals surface area (Å²) in [5.41, 5.74) is 2.53. The highest BCUT2D eigenvalue weighted by molar-refractivity contribution is 5.94. The molecule has 0 bridgehead atoms. The van der Waals surface area contributed by atoms with Gasteiger partial charge < -0.3 is 15.2 Å². The molecule has 5 heteroatoms. The molecule has 0 aliphatic rings. The fraction of sp³-hybridized carbons (Fsp3) is 0.176. The summed E-state index contributed by atoms with van der Waals surface area (Å²) in [6.07, 6.45) is 0. The van der Waals surface area contributed by atoms with E-state index in [1.807, 2.05) is 13.0 Å². The van der Waals surface area contributed by atoms with Gasteiger partial charge in [-0.3, -0.25) is 4.79 Å². The van der Waals surface area contributed by atoms with E-state index in [0.29, 0.717) is 17.9 Å². The van der Waals surface area contributed by atoms with Crippen LogP contribution in [0.5, 0.6) is 5.75 Å². The van der Waals surface area contributed by atoms with Crippen molar-refractivity contribution in [1.82, 2.24) is 5.32 Å². The number of aryl methyl sites for hydroxylation is 1. The van der Waals surface area contributed by atoms with Crippen LogP contribution in [0.4, 0.5) is 0 Å². The van der Waals surface area contributed by atoms with Crippen LogP contribution in [0.2, 0.25) is 0 Å². The maximum absolute atomic E-state index is 12.1. The minimum absolute atomic E-state index is 0.208. The first-order valence-electron chi connectivity index (χ1n) is 6.76. The number of methoxy groups -OCH3 is 1. The second-order valence-electron chi connectivity index (χ2n) is 4.87. The zero-order valence-electron chi connectivity index (χ0n) is 12.4. The molecule has 2 N–H and O–H groups in total. The maximum atomic E-state index is 12.1. The highest BCUT2D eigenvalue weighted by atomic mass is 16.5. The number of carboxylic acid groups (broad SMARTS) is 1. The van der Waals surface area contributed by atoms with Crippen LogP contribution in [0.25, 0.3) is 0 Å². The van der Waals surface area contributed by atoms with Gasteiger partial charge >= 0.3 is 5.97 Å². The number of carbonyl (C=O) groups excluding carboxylic acids is 1. The Morgan fingerprint density at radius 1 is 1.09 bits per heavy atom. The Balaban J connectivity index is 2.02. The summed E-state index contributed by atoms with van der Waals surface area (Å²) in [5, 5.41) is 11.6. The molecular formula is C17H17NO4. The molecule has 0 saturated heterocycles. The average molecular weight is 299 g/mol. The lowest BCUT2D eigenvalue weighted by atomic mass is 10.1. The third-order valence-corrected chi connectivity index (χ3v) is 3.32. The number of hydrogen-bond acceptors (Lipinski definition) is 3. The lowest BCUT2D eigenvalue weighted by molar-refractivity contribution is 0.0696. The Hall–Kier alpha value is -2.82. The van der Waals surface area contributed by atoms with Crippen molar-refractivity contribution in [2.75, 3.05) is 7.11 Å². The van der Waals surface area contributed by atoms with Gasteiger partial charge in [-0.2, -0.15) is 0 Å². The van der Waals surface area contributed by atoms with Crippen LogP contribution in [0.1, 0.15) is 31.8 Å². The molecule has 0 aromatic heterocycles. The normalized spacial score (nSPS) is 10.1. The number of benzene rings is 2.